The molecule has 92 valence electrons. The number of aryl methyl sites for hydroxylation is 1. The van der Waals surface area contributed by atoms with Crippen molar-refractivity contribution in [2.75, 3.05) is 6.54 Å². The van der Waals surface area contributed by atoms with Crippen LogP contribution < -0.4 is 5.32 Å². The van der Waals surface area contributed by atoms with Gasteiger partial charge in [-0.2, -0.15) is 0 Å². The molecule has 2 rings (SSSR count). The SMILES string of the molecule is CCCn1nncc1C(NCC)c1ccco1. The lowest BCUT2D eigenvalue weighted by molar-refractivity contribution is 0.427. The van der Waals surface area contributed by atoms with Gasteiger partial charge in [0.1, 0.15) is 11.8 Å². The molecular formula is C12H18N4O. The quantitative estimate of drug-likeness (QED) is 0.830. The molecule has 2 heterocycles. The van der Waals surface area contributed by atoms with Crippen molar-refractivity contribution >= 4 is 0 Å². The highest BCUT2D eigenvalue weighted by atomic mass is 16.3. The molecule has 0 aliphatic heterocycles. The lowest BCUT2D eigenvalue weighted by Gasteiger charge is -2.16. The van der Waals surface area contributed by atoms with E-state index in [-0.39, 0.29) is 6.04 Å². The summed E-state index contributed by atoms with van der Waals surface area (Å²) in [5, 5.41) is 11.5. The predicted octanol–water partition coefficient (Wildman–Crippen LogP) is 1.98. The van der Waals surface area contributed by atoms with Crippen LogP contribution in [0.2, 0.25) is 0 Å². The van der Waals surface area contributed by atoms with Crippen LogP contribution in [-0.2, 0) is 6.54 Å². The largest absolute Gasteiger partial charge is 0.467 e. The molecule has 0 aliphatic rings. The molecule has 1 unspecified atom stereocenters. The minimum Gasteiger partial charge on any atom is -0.467 e. The van der Waals surface area contributed by atoms with Gasteiger partial charge in [0, 0.05) is 6.54 Å². The average Bonchev–Trinajstić information content (AvgIpc) is 2.97. The number of nitrogens with one attached hydrogen (secondary N) is 1. The summed E-state index contributed by atoms with van der Waals surface area (Å²) in [6, 6.07) is 3.89. The molecule has 0 amide bonds. The third-order valence-corrected chi connectivity index (χ3v) is 2.61. The van der Waals surface area contributed by atoms with E-state index in [1.807, 2.05) is 16.8 Å². The maximum Gasteiger partial charge on any atom is 0.126 e. The standard InChI is InChI=1S/C12H18N4O/c1-3-7-16-10(9-14-15-16)12(13-4-2)11-6-5-8-17-11/h5-6,8-9,12-13H,3-4,7H2,1-2H3. The number of hydrogen-bond acceptors (Lipinski definition) is 4. The zero-order valence-electron chi connectivity index (χ0n) is 10.3. The van der Waals surface area contributed by atoms with Gasteiger partial charge in [0.25, 0.3) is 0 Å². The van der Waals surface area contributed by atoms with Gasteiger partial charge in [-0.1, -0.05) is 19.1 Å². The van der Waals surface area contributed by atoms with Gasteiger partial charge in [0.2, 0.25) is 0 Å². The van der Waals surface area contributed by atoms with Crippen LogP contribution in [0.5, 0.6) is 0 Å². The van der Waals surface area contributed by atoms with Crippen molar-refractivity contribution in [1.29, 1.82) is 0 Å². The Morgan fingerprint density at radius 3 is 3.00 bits per heavy atom. The first-order valence-corrected chi connectivity index (χ1v) is 6.02. The Balaban J connectivity index is 2.29. The normalized spacial score (nSPS) is 12.8. The van der Waals surface area contributed by atoms with Crippen molar-refractivity contribution in [2.45, 2.75) is 32.9 Å². The minimum absolute atomic E-state index is 0.0246. The van der Waals surface area contributed by atoms with Crippen molar-refractivity contribution < 1.29 is 4.42 Å². The summed E-state index contributed by atoms with van der Waals surface area (Å²) in [6.07, 6.45) is 4.52. The van der Waals surface area contributed by atoms with E-state index in [0.29, 0.717) is 0 Å². The van der Waals surface area contributed by atoms with Gasteiger partial charge < -0.3 is 9.73 Å². The molecule has 0 fully saturated rings. The maximum absolute atomic E-state index is 5.47. The monoisotopic (exact) mass is 234 g/mol. The number of rotatable bonds is 6. The van der Waals surface area contributed by atoms with Gasteiger partial charge in [-0.25, -0.2) is 4.68 Å². The molecule has 0 aromatic carbocycles. The molecule has 17 heavy (non-hydrogen) atoms. The van der Waals surface area contributed by atoms with E-state index in [2.05, 4.69) is 29.5 Å². The molecular weight excluding hydrogens is 216 g/mol. The Hall–Kier alpha value is -1.62. The van der Waals surface area contributed by atoms with Gasteiger partial charge in [0.05, 0.1) is 18.2 Å². The summed E-state index contributed by atoms with van der Waals surface area (Å²) < 4.78 is 7.40. The van der Waals surface area contributed by atoms with Gasteiger partial charge in [-0.05, 0) is 25.1 Å². The van der Waals surface area contributed by atoms with E-state index in [9.17, 15) is 0 Å². The molecule has 1 atom stereocenters. The second kappa shape index (κ2) is 5.63. The molecule has 0 saturated carbocycles. The predicted molar refractivity (Wildman–Crippen MR) is 64.5 cm³/mol. The fourth-order valence-electron chi connectivity index (χ4n) is 1.89. The van der Waals surface area contributed by atoms with Gasteiger partial charge in [-0.3, -0.25) is 0 Å². The van der Waals surface area contributed by atoms with E-state index >= 15 is 0 Å². The fraction of sp³-hybridized carbons (Fsp3) is 0.500. The smallest absolute Gasteiger partial charge is 0.126 e. The molecule has 0 aliphatic carbocycles. The Kier molecular flexibility index (Phi) is 3.93. The van der Waals surface area contributed by atoms with Crippen molar-refractivity contribution in [1.82, 2.24) is 20.3 Å². The summed E-state index contributed by atoms with van der Waals surface area (Å²) in [6.45, 7) is 5.94. The van der Waals surface area contributed by atoms with E-state index in [1.165, 1.54) is 0 Å². The number of aromatic nitrogens is 3. The molecule has 1 N–H and O–H groups in total. The molecule has 0 bridgehead atoms. The summed E-state index contributed by atoms with van der Waals surface area (Å²) in [5.74, 6) is 0.895. The van der Waals surface area contributed by atoms with Crippen LogP contribution in [0, 0.1) is 0 Å². The first kappa shape index (κ1) is 11.9. The number of nitrogens with zero attached hydrogens (tertiary/aromatic N) is 3. The van der Waals surface area contributed by atoms with Gasteiger partial charge >= 0.3 is 0 Å². The second-order valence-corrected chi connectivity index (χ2v) is 3.89. The molecule has 2 aromatic heterocycles. The highest BCUT2D eigenvalue weighted by molar-refractivity contribution is 5.17. The van der Waals surface area contributed by atoms with Crippen LogP contribution in [0.3, 0.4) is 0 Å². The van der Waals surface area contributed by atoms with E-state index in [0.717, 1.165) is 31.0 Å². The van der Waals surface area contributed by atoms with E-state index in [1.54, 1.807) is 12.5 Å². The van der Waals surface area contributed by atoms with E-state index in [4.69, 9.17) is 4.42 Å². The summed E-state index contributed by atoms with van der Waals surface area (Å²) in [5.41, 5.74) is 1.05. The van der Waals surface area contributed by atoms with Crippen LogP contribution in [0.25, 0.3) is 0 Å². The molecule has 0 radical (unpaired) electrons. The number of furan rings is 1. The average molecular weight is 234 g/mol. The molecule has 0 saturated heterocycles. The Bertz CT molecular complexity index is 435. The molecule has 0 spiro atoms. The lowest BCUT2D eigenvalue weighted by atomic mass is 10.1. The summed E-state index contributed by atoms with van der Waals surface area (Å²) in [4.78, 5) is 0. The maximum atomic E-state index is 5.47. The number of hydrogen-bond donors (Lipinski definition) is 1. The van der Waals surface area contributed by atoms with Crippen molar-refractivity contribution in [3.8, 4) is 0 Å². The highest BCUT2D eigenvalue weighted by Crippen LogP contribution is 2.21. The van der Waals surface area contributed by atoms with Gasteiger partial charge in [0.15, 0.2) is 0 Å². The topological polar surface area (TPSA) is 55.9 Å². The Morgan fingerprint density at radius 2 is 2.35 bits per heavy atom. The zero-order valence-corrected chi connectivity index (χ0v) is 10.3. The lowest BCUT2D eigenvalue weighted by Crippen LogP contribution is -2.24. The zero-order chi connectivity index (χ0) is 12.1. The Morgan fingerprint density at radius 1 is 1.47 bits per heavy atom. The third-order valence-electron chi connectivity index (χ3n) is 2.61. The van der Waals surface area contributed by atoms with Crippen LogP contribution in [0.1, 0.15) is 37.8 Å². The molecule has 2 aromatic rings. The van der Waals surface area contributed by atoms with Crippen LogP contribution in [-0.4, -0.2) is 21.5 Å². The van der Waals surface area contributed by atoms with Gasteiger partial charge in [-0.15, -0.1) is 5.10 Å². The van der Waals surface area contributed by atoms with Crippen LogP contribution >= 0.6 is 0 Å². The van der Waals surface area contributed by atoms with Crippen LogP contribution in [0.4, 0.5) is 0 Å². The van der Waals surface area contributed by atoms with Crippen molar-refractivity contribution in [2.24, 2.45) is 0 Å². The first-order valence-electron chi connectivity index (χ1n) is 6.02. The highest BCUT2D eigenvalue weighted by Gasteiger charge is 2.20. The third kappa shape index (κ3) is 2.55. The molecule has 5 nitrogen and oxygen atoms in total. The summed E-state index contributed by atoms with van der Waals surface area (Å²) >= 11 is 0. The van der Waals surface area contributed by atoms with Crippen molar-refractivity contribution in [3.63, 3.8) is 0 Å². The van der Waals surface area contributed by atoms with Crippen molar-refractivity contribution in [3.05, 3.63) is 36.0 Å². The summed E-state index contributed by atoms with van der Waals surface area (Å²) in [7, 11) is 0. The Labute approximate surface area is 101 Å². The second-order valence-electron chi connectivity index (χ2n) is 3.89. The molecule has 5 heteroatoms. The van der Waals surface area contributed by atoms with E-state index < -0.39 is 0 Å². The van der Waals surface area contributed by atoms with Crippen LogP contribution in [0.15, 0.2) is 29.0 Å². The first-order chi connectivity index (χ1) is 8.36. The minimum atomic E-state index is 0.0246. The fourth-order valence-corrected chi connectivity index (χ4v) is 1.89.